The van der Waals surface area contributed by atoms with Crippen LogP contribution in [0.1, 0.15) is 84.0 Å². The average Bonchev–Trinajstić information content (AvgIpc) is 2.54. The van der Waals surface area contributed by atoms with Gasteiger partial charge in [0.05, 0.1) is 0 Å². The van der Waals surface area contributed by atoms with Gasteiger partial charge in [0.25, 0.3) is 0 Å². The molecule has 0 aliphatic heterocycles. The lowest BCUT2D eigenvalue weighted by Gasteiger charge is -2.57. The molecule has 0 aromatic rings. The first-order valence-corrected chi connectivity index (χ1v) is 9.53. The van der Waals surface area contributed by atoms with Crippen molar-refractivity contribution in [2.75, 3.05) is 0 Å². The summed E-state index contributed by atoms with van der Waals surface area (Å²) in [5.74, 6) is 4.24. The largest absolute Gasteiger partial charge is 0.0847 e. The van der Waals surface area contributed by atoms with E-state index in [1.165, 1.54) is 51.4 Å². The molecule has 4 aliphatic rings. The third kappa shape index (κ3) is 1.93. The third-order valence-electron chi connectivity index (χ3n) is 7.85. The number of rotatable bonds is 1. The fraction of sp³-hybridized carbons (Fsp3) is 0.900. The van der Waals surface area contributed by atoms with Crippen LogP contribution in [-0.4, -0.2) is 0 Å². The Bertz CT molecular complexity index is 393. The summed E-state index contributed by atoms with van der Waals surface area (Å²) < 4.78 is 0. The van der Waals surface area contributed by atoms with Gasteiger partial charge in [0.1, 0.15) is 0 Å². The van der Waals surface area contributed by atoms with Gasteiger partial charge < -0.3 is 0 Å². The Morgan fingerprint density at radius 1 is 1.00 bits per heavy atom. The monoisotopic (exact) mass is 272 g/mol. The zero-order chi connectivity index (χ0) is 13.6. The summed E-state index contributed by atoms with van der Waals surface area (Å²) in [6.07, 6.45) is 20.9. The highest BCUT2D eigenvalue weighted by Crippen LogP contribution is 2.61. The quantitative estimate of drug-likeness (QED) is 0.504. The van der Waals surface area contributed by atoms with Gasteiger partial charge in [0.2, 0.25) is 0 Å². The second-order valence-electron chi connectivity index (χ2n) is 8.30. The van der Waals surface area contributed by atoms with E-state index in [9.17, 15) is 0 Å². The van der Waals surface area contributed by atoms with E-state index in [4.69, 9.17) is 0 Å². The van der Waals surface area contributed by atoms with Crippen LogP contribution in [0.25, 0.3) is 0 Å². The minimum Gasteiger partial charge on any atom is -0.0847 e. The van der Waals surface area contributed by atoms with E-state index in [-0.39, 0.29) is 0 Å². The van der Waals surface area contributed by atoms with Crippen LogP contribution in [0.4, 0.5) is 0 Å². The molecule has 3 saturated carbocycles. The summed E-state index contributed by atoms with van der Waals surface area (Å²) >= 11 is 0. The predicted octanol–water partition coefficient (Wildman–Crippen LogP) is 6.12. The summed E-state index contributed by atoms with van der Waals surface area (Å²) in [5, 5.41) is 0. The van der Waals surface area contributed by atoms with Gasteiger partial charge in [0.15, 0.2) is 0 Å². The summed E-state index contributed by atoms with van der Waals surface area (Å²) in [5.41, 5.74) is 2.65. The summed E-state index contributed by atoms with van der Waals surface area (Å²) in [6.45, 7) is 2.49. The highest BCUT2D eigenvalue weighted by atomic mass is 14.6. The number of fused-ring (bicyclic) bond motifs is 5. The summed E-state index contributed by atoms with van der Waals surface area (Å²) in [7, 11) is 0. The smallest absolute Gasteiger partial charge is 0.0172 e. The fourth-order valence-electron chi connectivity index (χ4n) is 6.83. The van der Waals surface area contributed by atoms with E-state index in [1.807, 2.05) is 5.57 Å². The lowest BCUT2D eigenvalue weighted by molar-refractivity contribution is -0.0525. The molecule has 0 nitrogen and oxygen atoms in total. The molecule has 3 fully saturated rings. The number of hydrogen-bond acceptors (Lipinski definition) is 0. The van der Waals surface area contributed by atoms with Gasteiger partial charge in [-0.3, -0.25) is 0 Å². The minimum atomic E-state index is 0.763. The molecule has 0 heterocycles. The van der Waals surface area contributed by atoms with Gasteiger partial charge in [-0.1, -0.05) is 44.3 Å². The zero-order valence-corrected chi connectivity index (χ0v) is 13.4. The highest BCUT2D eigenvalue weighted by Gasteiger charge is 2.51. The van der Waals surface area contributed by atoms with E-state index in [2.05, 4.69) is 13.0 Å². The Morgan fingerprint density at radius 2 is 1.90 bits per heavy atom. The van der Waals surface area contributed by atoms with E-state index >= 15 is 0 Å². The molecule has 4 rings (SSSR count). The van der Waals surface area contributed by atoms with Crippen LogP contribution >= 0.6 is 0 Å². The number of allylic oxidation sites excluding steroid dienone is 2. The van der Waals surface area contributed by atoms with Gasteiger partial charge in [-0.15, -0.1) is 0 Å². The van der Waals surface area contributed by atoms with Crippen molar-refractivity contribution in [1.82, 2.24) is 0 Å². The second-order valence-corrected chi connectivity index (χ2v) is 8.30. The molecule has 0 heteroatoms. The molecule has 0 saturated heterocycles. The molecule has 0 amide bonds. The van der Waals surface area contributed by atoms with Crippen molar-refractivity contribution in [3.8, 4) is 0 Å². The Hall–Kier alpha value is -0.260. The van der Waals surface area contributed by atoms with Crippen LogP contribution in [0.3, 0.4) is 0 Å². The molecular formula is C20H32. The van der Waals surface area contributed by atoms with Crippen molar-refractivity contribution in [3.05, 3.63) is 11.6 Å². The normalized spacial score (nSPS) is 47.8. The van der Waals surface area contributed by atoms with Crippen molar-refractivity contribution >= 4 is 0 Å². The van der Waals surface area contributed by atoms with E-state index < -0.39 is 0 Å². The zero-order valence-electron chi connectivity index (χ0n) is 13.4. The molecule has 0 spiro atoms. The average molecular weight is 272 g/mol. The van der Waals surface area contributed by atoms with E-state index in [0.29, 0.717) is 0 Å². The van der Waals surface area contributed by atoms with Crippen molar-refractivity contribution < 1.29 is 0 Å². The Labute approximate surface area is 125 Å². The van der Waals surface area contributed by atoms with Crippen LogP contribution in [-0.2, 0) is 0 Å². The Morgan fingerprint density at radius 3 is 2.80 bits per heavy atom. The van der Waals surface area contributed by atoms with Crippen LogP contribution in [0, 0.1) is 29.1 Å². The van der Waals surface area contributed by atoms with Gasteiger partial charge in [-0.2, -0.15) is 0 Å². The van der Waals surface area contributed by atoms with Crippen LogP contribution in [0.2, 0.25) is 0 Å². The topological polar surface area (TPSA) is 0 Å². The molecule has 5 atom stereocenters. The van der Waals surface area contributed by atoms with Crippen LogP contribution < -0.4 is 0 Å². The van der Waals surface area contributed by atoms with Gasteiger partial charge in [0, 0.05) is 0 Å². The van der Waals surface area contributed by atoms with Gasteiger partial charge in [-0.25, -0.2) is 0 Å². The third-order valence-corrected chi connectivity index (χ3v) is 7.85. The first kappa shape index (κ1) is 13.4. The first-order valence-electron chi connectivity index (χ1n) is 9.53. The van der Waals surface area contributed by atoms with E-state index in [0.717, 1.165) is 29.1 Å². The Balaban J connectivity index is 1.63. The van der Waals surface area contributed by atoms with Crippen LogP contribution in [0.15, 0.2) is 11.6 Å². The molecular weight excluding hydrogens is 240 g/mol. The molecule has 4 unspecified atom stereocenters. The van der Waals surface area contributed by atoms with Crippen molar-refractivity contribution in [2.24, 2.45) is 29.1 Å². The fourth-order valence-corrected chi connectivity index (χ4v) is 6.83. The maximum absolute atomic E-state index is 2.71. The molecule has 0 N–H and O–H groups in total. The predicted molar refractivity (Wildman–Crippen MR) is 85.6 cm³/mol. The Kier molecular flexibility index (Phi) is 3.47. The first-order chi connectivity index (χ1) is 9.84. The molecule has 0 aromatic heterocycles. The maximum Gasteiger partial charge on any atom is -0.0172 e. The van der Waals surface area contributed by atoms with Crippen LogP contribution in [0.5, 0.6) is 0 Å². The molecule has 112 valence electrons. The molecule has 0 bridgehead atoms. The molecule has 0 aromatic carbocycles. The lowest BCUT2D eigenvalue weighted by Crippen LogP contribution is -2.48. The molecule has 4 aliphatic carbocycles. The van der Waals surface area contributed by atoms with Gasteiger partial charge >= 0.3 is 0 Å². The minimum absolute atomic E-state index is 0.763. The van der Waals surface area contributed by atoms with Crippen molar-refractivity contribution in [2.45, 2.75) is 84.0 Å². The summed E-state index contributed by atoms with van der Waals surface area (Å²) in [4.78, 5) is 0. The standard InChI is InChI=1S/C20H32/c1-2-20-13-6-5-9-19(20)18-11-10-15-7-3-4-8-16(15)17(18)12-14-20/h10,16-19H,2-9,11-14H2,1H3/t16?,17?,18?,19?,20-/m0/s1. The van der Waals surface area contributed by atoms with E-state index in [1.54, 1.807) is 25.7 Å². The molecule has 0 radical (unpaired) electrons. The highest BCUT2D eigenvalue weighted by molar-refractivity contribution is 5.18. The lowest BCUT2D eigenvalue weighted by atomic mass is 9.48. The number of hydrogen-bond donors (Lipinski definition) is 0. The van der Waals surface area contributed by atoms with Crippen molar-refractivity contribution in [1.29, 1.82) is 0 Å². The summed E-state index contributed by atoms with van der Waals surface area (Å²) in [6, 6.07) is 0. The maximum atomic E-state index is 2.71. The molecule has 20 heavy (non-hydrogen) atoms. The van der Waals surface area contributed by atoms with Crippen molar-refractivity contribution in [3.63, 3.8) is 0 Å². The van der Waals surface area contributed by atoms with Gasteiger partial charge in [-0.05, 0) is 80.5 Å². The SMILES string of the molecule is CC[C@@]12CCCCC1C1CC=C3CCCCC3C1CC2. The second kappa shape index (κ2) is 5.18.